The Morgan fingerprint density at radius 3 is 2.62 bits per heavy atom. The molecule has 90 valence electrons. The Morgan fingerprint density at radius 1 is 1.56 bits per heavy atom. The molecule has 0 rings (SSSR count). The van der Waals surface area contributed by atoms with Gasteiger partial charge in [-0.3, -0.25) is 14.5 Å². The highest BCUT2D eigenvalue weighted by molar-refractivity contribution is 5.82. The Morgan fingerprint density at radius 2 is 2.19 bits per heavy atom. The van der Waals surface area contributed by atoms with E-state index in [1.165, 1.54) is 4.90 Å². The summed E-state index contributed by atoms with van der Waals surface area (Å²) in [6, 6.07) is -0.529. The molecule has 1 unspecified atom stereocenters. The van der Waals surface area contributed by atoms with Crippen molar-refractivity contribution in [1.82, 2.24) is 10.2 Å². The summed E-state index contributed by atoms with van der Waals surface area (Å²) in [4.78, 5) is 23.6. The van der Waals surface area contributed by atoms with Crippen molar-refractivity contribution < 1.29 is 14.7 Å². The van der Waals surface area contributed by atoms with E-state index in [9.17, 15) is 9.59 Å². The van der Waals surface area contributed by atoms with Crippen LogP contribution in [0.15, 0.2) is 0 Å². The first-order chi connectivity index (χ1) is 7.52. The molecule has 0 aliphatic rings. The van der Waals surface area contributed by atoms with E-state index in [-0.39, 0.29) is 19.0 Å². The summed E-state index contributed by atoms with van der Waals surface area (Å²) < 4.78 is 0. The minimum Gasteiger partial charge on any atom is -0.480 e. The summed E-state index contributed by atoms with van der Waals surface area (Å²) in [7, 11) is 0. The van der Waals surface area contributed by atoms with Crippen LogP contribution >= 0.6 is 0 Å². The van der Waals surface area contributed by atoms with Crippen LogP contribution in [-0.2, 0) is 9.59 Å². The second-order valence-corrected chi connectivity index (χ2v) is 3.47. The highest BCUT2D eigenvalue weighted by atomic mass is 16.4. The lowest BCUT2D eigenvalue weighted by Crippen LogP contribution is -2.47. The third kappa shape index (κ3) is 5.37. The molecular weight excluding hydrogens is 208 g/mol. The molecule has 0 radical (unpaired) electrons. The zero-order chi connectivity index (χ0) is 12.6. The average Bonchev–Trinajstić information content (AvgIpc) is 2.23. The molecule has 0 aliphatic heterocycles. The predicted molar refractivity (Wildman–Crippen MR) is 60.8 cm³/mol. The first kappa shape index (κ1) is 14.5. The number of aliphatic carboxylic acids is 1. The van der Waals surface area contributed by atoms with E-state index in [1.54, 1.807) is 6.92 Å². The summed E-state index contributed by atoms with van der Waals surface area (Å²) in [6.45, 7) is 4.09. The molecule has 2 N–H and O–H groups in total. The number of carbonyl (C=O) groups excluding carboxylic acids is 1. The van der Waals surface area contributed by atoms with Crippen LogP contribution < -0.4 is 5.32 Å². The number of terminal acetylenes is 1. The predicted octanol–water partition coefficient (Wildman–Crippen LogP) is -0.0791. The number of rotatable bonds is 7. The minimum absolute atomic E-state index is 0.146. The van der Waals surface area contributed by atoms with Gasteiger partial charge in [-0.05, 0) is 13.3 Å². The van der Waals surface area contributed by atoms with Crippen molar-refractivity contribution >= 4 is 11.9 Å². The number of nitrogens with zero attached hydrogens (tertiary/aromatic N) is 1. The molecule has 1 amide bonds. The number of amides is 1. The Labute approximate surface area is 95.8 Å². The van der Waals surface area contributed by atoms with Crippen LogP contribution in [0.3, 0.4) is 0 Å². The van der Waals surface area contributed by atoms with Gasteiger partial charge in [0.15, 0.2) is 0 Å². The molecule has 0 aromatic rings. The number of carbonyl (C=O) groups is 2. The van der Waals surface area contributed by atoms with Crippen molar-refractivity contribution in [2.45, 2.75) is 26.3 Å². The fraction of sp³-hybridized carbons (Fsp3) is 0.636. The van der Waals surface area contributed by atoms with E-state index in [2.05, 4.69) is 11.2 Å². The molecule has 5 nitrogen and oxygen atoms in total. The lowest BCUT2D eigenvalue weighted by atomic mass is 10.2. The van der Waals surface area contributed by atoms with Crippen molar-refractivity contribution in [2.24, 2.45) is 0 Å². The smallest absolute Gasteiger partial charge is 0.317 e. The highest BCUT2D eigenvalue weighted by Crippen LogP contribution is 1.98. The molecule has 0 fully saturated rings. The summed E-state index contributed by atoms with van der Waals surface area (Å²) in [5.41, 5.74) is 0. The maximum atomic E-state index is 11.6. The monoisotopic (exact) mass is 226 g/mol. The molecule has 0 aliphatic carbocycles. The average molecular weight is 226 g/mol. The quantitative estimate of drug-likeness (QED) is 0.596. The maximum absolute atomic E-state index is 11.6. The summed E-state index contributed by atoms with van der Waals surface area (Å²) in [5.74, 6) is 1.16. The SMILES string of the molecule is C#CCN(CC(=O)O)C(C)C(=O)NCCC. The second-order valence-electron chi connectivity index (χ2n) is 3.47. The Bertz CT molecular complexity index is 283. The highest BCUT2D eigenvalue weighted by Gasteiger charge is 2.21. The number of carboxylic acid groups (broad SMARTS) is 1. The lowest BCUT2D eigenvalue weighted by Gasteiger charge is -2.24. The van der Waals surface area contributed by atoms with E-state index in [1.807, 2.05) is 6.92 Å². The number of nitrogens with one attached hydrogen (secondary N) is 1. The van der Waals surface area contributed by atoms with Gasteiger partial charge in [-0.15, -0.1) is 6.42 Å². The third-order valence-electron chi connectivity index (χ3n) is 2.11. The van der Waals surface area contributed by atoms with Gasteiger partial charge in [0.25, 0.3) is 0 Å². The van der Waals surface area contributed by atoms with E-state index in [4.69, 9.17) is 11.5 Å². The lowest BCUT2D eigenvalue weighted by molar-refractivity contribution is -0.139. The van der Waals surface area contributed by atoms with Gasteiger partial charge in [-0.2, -0.15) is 0 Å². The molecule has 0 saturated heterocycles. The van der Waals surface area contributed by atoms with Gasteiger partial charge in [-0.25, -0.2) is 0 Å². The van der Waals surface area contributed by atoms with E-state index in [0.717, 1.165) is 6.42 Å². The summed E-state index contributed by atoms with van der Waals surface area (Å²) >= 11 is 0. The van der Waals surface area contributed by atoms with Crippen LogP contribution in [0.1, 0.15) is 20.3 Å². The largest absolute Gasteiger partial charge is 0.480 e. The molecule has 0 saturated carbocycles. The number of carboxylic acids is 1. The van der Waals surface area contributed by atoms with Crippen molar-refractivity contribution in [1.29, 1.82) is 0 Å². The van der Waals surface area contributed by atoms with E-state index >= 15 is 0 Å². The van der Waals surface area contributed by atoms with Gasteiger partial charge >= 0.3 is 5.97 Å². The van der Waals surface area contributed by atoms with Gasteiger partial charge < -0.3 is 10.4 Å². The molecule has 0 bridgehead atoms. The number of hydrogen-bond donors (Lipinski definition) is 2. The van der Waals surface area contributed by atoms with Crippen LogP contribution in [0, 0.1) is 12.3 Å². The molecule has 16 heavy (non-hydrogen) atoms. The van der Waals surface area contributed by atoms with E-state index in [0.29, 0.717) is 6.54 Å². The zero-order valence-corrected chi connectivity index (χ0v) is 9.69. The molecule has 0 heterocycles. The van der Waals surface area contributed by atoms with Crippen LogP contribution in [0.5, 0.6) is 0 Å². The minimum atomic E-state index is -0.995. The van der Waals surface area contributed by atoms with Gasteiger partial charge in [-0.1, -0.05) is 12.8 Å². The third-order valence-corrected chi connectivity index (χ3v) is 2.11. The fourth-order valence-corrected chi connectivity index (χ4v) is 1.18. The van der Waals surface area contributed by atoms with Gasteiger partial charge in [0.05, 0.1) is 19.1 Å². The zero-order valence-electron chi connectivity index (χ0n) is 9.69. The normalized spacial score (nSPS) is 11.9. The fourth-order valence-electron chi connectivity index (χ4n) is 1.18. The standard InChI is InChI=1S/C11H18N2O3/c1-4-6-12-11(16)9(3)13(7-5-2)8-10(14)15/h2,9H,4,6-8H2,1,3H3,(H,12,16)(H,14,15). The Balaban J connectivity index is 4.36. The first-order valence-corrected chi connectivity index (χ1v) is 5.19. The van der Waals surface area contributed by atoms with E-state index < -0.39 is 12.0 Å². The Hall–Kier alpha value is -1.54. The summed E-state index contributed by atoms with van der Waals surface area (Å²) in [5, 5.41) is 11.4. The van der Waals surface area contributed by atoms with Gasteiger partial charge in [0, 0.05) is 6.54 Å². The van der Waals surface area contributed by atoms with Crippen LogP contribution in [0.2, 0.25) is 0 Å². The maximum Gasteiger partial charge on any atom is 0.317 e. The van der Waals surface area contributed by atoms with Crippen LogP contribution in [0.25, 0.3) is 0 Å². The topological polar surface area (TPSA) is 69.6 Å². The molecule has 0 spiro atoms. The van der Waals surface area contributed by atoms with Crippen molar-refractivity contribution in [3.8, 4) is 12.3 Å². The van der Waals surface area contributed by atoms with Crippen molar-refractivity contribution in [2.75, 3.05) is 19.6 Å². The van der Waals surface area contributed by atoms with Crippen LogP contribution in [0.4, 0.5) is 0 Å². The number of hydrogen-bond acceptors (Lipinski definition) is 3. The van der Waals surface area contributed by atoms with Gasteiger partial charge in [0.1, 0.15) is 0 Å². The molecular formula is C11H18N2O3. The first-order valence-electron chi connectivity index (χ1n) is 5.19. The van der Waals surface area contributed by atoms with Crippen molar-refractivity contribution in [3.63, 3.8) is 0 Å². The van der Waals surface area contributed by atoms with Crippen molar-refractivity contribution in [3.05, 3.63) is 0 Å². The molecule has 0 aromatic carbocycles. The second kappa shape index (κ2) is 7.71. The molecule has 5 heteroatoms. The Kier molecular flexibility index (Phi) is 6.97. The van der Waals surface area contributed by atoms with Gasteiger partial charge in [0.2, 0.25) is 5.91 Å². The summed E-state index contributed by atoms with van der Waals surface area (Å²) in [6.07, 6.45) is 5.97. The molecule has 1 atom stereocenters. The van der Waals surface area contributed by atoms with Crippen LogP contribution in [-0.4, -0.2) is 47.6 Å². The molecule has 0 aromatic heterocycles.